The molecule has 3 rings (SSSR count). The molecule has 0 saturated heterocycles. The van der Waals surface area contributed by atoms with E-state index in [2.05, 4.69) is 42.8 Å². The van der Waals surface area contributed by atoms with Crippen molar-refractivity contribution in [2.45, 2.75) is 52.0 Å². The van der Waals surface area contributed by atoms with E-state index < -0.39 is 0 Å². The van der Waals surface area contributed by atoms with Gasteiger partial charge in [-0.05, 0) is 54.8 Å². The zero-order chi connectivity index (χ0) is 14.1. The molecule has 1 aliphatic rings. The highest BCUT2D eigenvalue weighted by Gasteiger charge is 2.20. The van der Waals surface area contributed by atoms with Crippen LogP contribution in [0.2, 0.25) is 0 Å². The van der Waals surface area contributed by atoms with Crippen LogP contribution >= 0.6 is 0 Å². The van der Waals surface area contributed by atoms with Crippen LogP contribution < -0.4 is 5.73 Å². The molecule has 2 heteroatoms. The fourth-order valence-corrected chi connectivity index (χ4v) is 3.28. The van der Waals surface area contributed by atoms with Gasteiger partial charge in [-0.2, -0.15) is 0 Å². The van der Waals surface area contributed by atoms with Crippen molar-refractivity contribution < 1.29 is 0 Å². The molecule has 0 aliphatic heterocycles. The average Bonchev–Trinajstić information content (AvgIpc) is 2.65. The van der Waals surface area contributed by atoms with E-state index in [1.165, 1.54) is 41.3 Å². The highest BCUT2D eigenvalue weighted by Crippen LogP contribution is 2.38. The number of benzene rings is 1. The first-order valence-electron chi connectivity index (χ1n) is 8.00. The zero-order valence-electron chi connectivity index (χ0n) is 12.7. The normalized spacial score (nSPS) is 16.0. The third-order valence-corrected chi connectivity index (χ3v) is 4.54. The maximum atomic E-state index is 5.76. The molecule has 0 amide bonds. The third-order valence-electron chi connectivity index (χ3n) is 4.54. The zero-order valence-corrected chi connectivity index (χ0v) is 12.7. The first kappa shape index (κ1) is 13.7. The molecule has 1 aromatic heterocycles. The van der Waals surface area contributed by atoms with E-state index in [0.29, 0.717) is 5.92 Å². The Kier molecular flexibility index (Phi) is 3.84. The minimum Gasteiger partial charge on any atom is -0.347 e. The Morgan fingerprint density at radius 1 is 1.30 bits per heavy atom. The molecule has 1 aromatic carbocycles. The quantitative estimate of drug-likeness (QED) is 0.872. The third kappa shape index (κ3) is 2.49. The first-order chi connectivity index (χ1) is 9.69. The van der Waals surface area contributed by atoms with Gasteiger partial charge in [0.1, 0.15) is 0 Å². The summed E-state index contributed by atoms with van der Waals surface area (Å²) in [6.45, 7) is 6.38. The van der Waals surface area contributed by atoms with Crippen molar-refractivity contribution in [3.63, 3.8) is 0 Å². The van der Waals surface area contributed by atoms with Crippen LogP contribution in [0.1, 0.15) is 50.2 Å². The first-order valence-corrected chi connectivity index (χ1v) is 8.00. The minimum absolute atomic E-state index is 0.670. The van der Waals surface area contributed by atoms with Gasteiger partial charge in [0.25, 0.3) is 0 Å². The average molecular weight is 270 g/mol. The fraction of sp³-hybridized carbons (Fsp3) is 0.556. The lowest BCUT2D eigenvalue weighted by Crippen LogP contribution is -2.09. The lowest BCUT2D eigenvalue weighted by atomic mass is 9.80. The van der Waals surface area contributed by atoms with Gasteiger partial charge in [-0.15, -0.1) is 0 Å². The fourth-order valence-electron chi connectivity index (χ4n) is 3.28. The molecule has 1 fully saturated rings. The monoisotopic (exact) mass is 270 g/mol. The molecule has 108 valence electrons. The predicted octanol–water partition coefficient (Wildman–Crippen LogP) is 4.07. The Morgan fingerprint density at radius 3 is 2.70 bits per heavy atom. The van der Waals surface area contributed by atoms with E-state index in [9.17, 15) is 0 Å². The molecular weight excluding hydrogens is 244 g/mol. The summed E-state index contributed by atoms with van der Waals surface area (Å²) in [5, 5.41) is 1.40. The van der Waals surface area contributed by atoms with Crippen molar-refractivity contribution in [1.82, 2.24) is 4.57 Å². The van der Waals surface area contributed by atoms with E-state index in [4.69, 9.17) is 5.73 Å². The summed E-state index contributed by atoms with van der Waals surface area (Å²) >= 11 is 0. The molecule has 1 saturated carbocycles. The standard InChI is InChI=1S/C18H26N2/c1-13(2)11-20-12-16(8-9-19)17-7-6-15(10-18(17)20)14-4-3-5-14/h6-7,10,12-14H,3-5,8-9,11,19H2,1-2H3. The second kappa shape index (κ2) is 5.61. The summed E-state index contributed by atoms with van der Waals surface area (Å²) in [6.07, 6.45) is 7.43. The van der Waals surface area contributed by atoms with Gasteiger partial charge in [-0.3, -0.25) is 0 Å². The molecule has 1 heterocycles. The van der Waals surface area contributed by atoms with Crippen molar-refractivity contribution in [3.05, 3.63) is 35.5 Å². The van der Waals surface area contributed by atoms with Gasteiger partial charge in [-0.1, -0.05) is 32.4 Å². The Morgan fingerprint density at radius 2 is 2.10 bits per heavy atom. The number of rotatable bonds is 5. The van der Waals surface area contributed by atoms with Gasteiger partial charge in [0.2, 0.25) is 0 Å². The highest BCUT2D eigenvalue weighted by molar-refractivity contribution is 5.85. The number of nitrogens with zero attached hydrogens (tertiary/aromatic N) is 1. The Hall–Kier alpha value is -1.28. The molecule has 2 aromatic rings. The molecular formula is C18H26N2. The second-order valence-electron chi connectivity index (χ2n) is 6.64. The largest absolute Gasteiger partial charge is 0.347 e. The summed E-state index contributed by atoms with van der Waals surface area (Å²) in [4.78, 5) is 0. The maximum absolute atomic E-state index is 5.76. The number of hydrogen-bond donors (Lipinski definition) is 1. The van der Waals surface area contributed by atoms with Crippen molar-refractivity contribution >= 4 is 10.9 Å². The van der Waals surface area contributed by atoms with Gasteiger partial charge < -0.3 is 10.3 Å². The summed E-state index contributed by atoms with van der Waals surface area (Å²) < 4.78 is 2.44. The van der Waals surface area contributed by atoms with E-state index in [1.54, 1.807) is 0 Å². The number of nitrogens with two attached hydrogens (primary N) is 1. The summed E-state index contributed by atoms with van der Waals surface area (Å²) in [6, 6.07) is 7.10. The molecule has 0 unspecified atom stereocenters. The Balaban J connectivity index is 2.04. The van der Waals surface area contributed by atoms with Crippen LogP contribution in [-0.4, -0.2) is 11.1 Å². The van der Waals surface area contributed by atoms with Crippen LogP contribution in [0.4, 0.5) is 0 Å². The van der Waals surface area contributed by atoms with Crippen LogP contribution in [0.3, 0.4) is 0 Å². The maximum Gasteiger partial charge on any atom is 0.0486 e. The summed E-state index contributed by atoms with van der Waals surface area (Å²) in [5.74, 6) is 1.48. The van der Waals surface area contributed by atoms with Gasteiger partial charge >= 0.3 is 0 Å². The lowest BCUT2D eigenvalue weighted by Gasteiger charge is -2.26. The van der Waals surface area contributed by atoms with Crippen molar-refractivity contribution in [2.75, 3.05) is 6.54 Å². The van der Waals surface area contributed by atoms with Crippen LogP contribution in [0.5, 0.6) is 0 Å². The van der Waals surface area contributed by atoms with E-state index >= 15 is 0 Å². The van der Waals surface area contributed by atoms with E-state index in [-0.39, 0.29) is 0 Å². The van der Waals surface area contributed by atoms with Gasteiger partial charge in [0.15, 0.2) is 0 Å². The Labute approximate surface area is 122 Å². The molecule has 20 heavy (non-hydrogen) atoms. The molecule has 0 radical (unpaired) electrons. The number of fused-ring (bicyclic) bond motifs is 1. The topological polar surface area (TPSA) is 30.9 Å². The summed E-state index contributed by atoms with van der Waals surface area (Å²) in [7, 11) is 0. The lowest BCUT2D eigenvalue weighted by molar-refractivity contribution is 0.420. The molecule has 0 atom stereocenters. The van der Waals surface area contributed by atoms with Crippen molar-refractivity contribution in [2.24, 2.45) is 11.7 Å². The Bertz CT molecular complexity index is 591. The van der Waals surface area contributed by atoms with Gasteiger partial charge in [0.05, 0.1) is 0 Å². The van der Waals surface area contributed by atoms with E-state index in [1.807, 2.05) is 0 Å². The van der Waals surface area contributed by atoms with Crippen molar-refractivity contribution in [1.29, 1.82) is 0 Å². The molecule has 0 spiro atoms. The van der Waals surface area contributed by atoms with E-state index in [0.717, 1.165) is 25.4 Å². The van der Waals surface area contributed by atoms with Gasteiger partial charge in [0, 0.05) is 23.6 Å². The molecule has 1 aliphatic carbocycles. The highest BCUT2D eigenvalue weighted by atomic mass is 15.0. The predicted molar refractivity (Wildman–Crippen MR) is 86.1 cm³/mol. The van der Waals surface area contributed by atoms with Gasteiger partial charge in [-0.25, -0.2) is 0 Å². The van der Waals surface area contributed by atoms with Crippen LogP contribution in [0.15, 0.2) is 24.4 Å². The molecule has 0 bridgehead atoms. The van der Waals surface area contributed by atoms with Crippen LogP contribution in [0.25, 0.3) is 10.9 Å². The molecule has 2 N–H and O–H groups in total. The van der Waals surface area contributed by atoms with Crippen LogP contribution in [-0.2, 0) is 13.0 Å². The van der Waals surface area contributed by atoms with Crippen LogP contribution in [0, 0.1) is 5.92 Å². The summed E-state index contributed by atoms with van der Waals surface area (Å²) in [5.41, 5.74) is 10.1. The van der Waals surface area contributed by atoms with Crippen molar-refractivity contribution in [3.8, 4) is 0 Å². The number of aromatic nitrogens is 1. The smallest absolute Gasteiger partial charge is 0.0486 e. The molecule has 2 nitrogen and oxygen atoms in total. The number of hydrogen-bond acceptors (Lipinski definition) is 1. The minimum atomic E-state index is 0.670. The second-order valence-corrected chi connectivity index (χ2v) is 6.64. The SMILES string of the molecule is CC(C)Cn1cc(CCN)c2ccc(C3CCC3)cc21.